The number of amides is 2. The SMILES string of the molecule is Cc1cc(=O)c(C(=O)NNC(=O)c2cccc(Cl)c2)nn1-c1ccccc1F. The summed E-state index contributed by atoms with van der Waals surface area (Å²) in [6, 6.07) is 13.1. The molecular weight excluding hydrogens is 387 g/mol. The van der Waals surface area contributed by atoms with E-state index >= 15 is 0 Å². The van der Waals surface area contributed by atoms with Crippen LogP contribution in [0.25, 0.3) is 5.69 Å². The van der Waals surface area contributed by atoms with Crippen LogP contribution in [-0.4, -0.2) is 21.6 Å². The van der Waals surface area contributed by atoms with Gasteiger partial charge in [0.05, 0.1) is 0 Å². The largest absolute Gasteiger partial charge is 0.294 e. The molecule has 3 rings (SSSR count). The van der Waals surface area contributed by atoms with Crippen molar-refractivity contribution in [3.05, 3.63) is 92.6 Å². The Kier molecular flexibility index (Phi) is 5.51. The zero-order valence-corrected chi connectivity index (χ0v) is 15.3. The summed E-state index contributed by atoms with van der Waals surface area (Å²) in [6.07, 6.45) is 0. The molecule has 0 fully saturated rings. The summed E-state index contributed by atoms with van der Waals surface area (Å²) in [6.45, 7) is 1.56. The van der Waals surface area contributed by atoms with Gasteiger partial charge in [0.15, 0.2) is 5.69 Å². The molecule has 0 atom stereocenters. The average molecular weight is 401 g/mol. The van der Waals surface area contributed by atoms with Crippen LogP contribution in [0.3, 0.4) is 0 Å². The molecule has 2 aromatic carbocycles. The quantitative estimate of drug-likeness (QED) is 0.660. The van der Waals surface area contributed by atoms with Gasteiger partial charge in [0.25, 0.3) is 11.8 Å². The van der Waals surface area contributed by atoms with Gasteiger partial charge in [-0.15, -0.1) is 0 Å². The first kappa shape index (κ1) is 19.2. The van der Waals surface area contributed by atoms with Crippen molar-refractivity contribution in [2.24, 2.45) is 0 Å². The van der Waals surface area contributed by atoms with Crippen molar-refractivity contribution in [2.45, 2.75) is 6.92 Å². The van der Waals surface area contributed by atoms with Gasteiger partial charge in [0.2, 0.25) is 5.43 Å². The van der Waals surface area contributed by atoms with Gasteiger partial charge in [-0.05, 0) is 37.3 Å². The van der Waals surface area contributed by atoms with E-state index in [9.17, 15) is 18.8 Å². The number of hydrogen-bond acceptors (Lipinski definition) is 4. The second-order valence-electron chi connectivity index (χ2n) is 5.78. The number of carbonyl (C=O) groups excluding carboxylic acids is 2. The highest BCUT2D eigenvalue weighted by atomic mass is 35.5. The van der Waals surface area contributed by atoms with E-state index in [0.29, 0.717) is 10.7 Å². The third-order valence-electron chi connectivity index (χ3n) is 3.78. The number of aromatic nitrogens is 2. The molecule has 1 aromatic heterocycles. The van der Waals surface area contributed by atoms with Gasteiger partial charge in [-0.2, -0.15) is 5.10 Å². The van der Waals surface area contributed by atoms with Gasteiger partial charge in [-0.1, -0.05) is 29.8 Å². The fraction of sp³-hybridized carbons (Fsp3) is 0.0526. The topological polar surface area (TPSA) is 93.1 Å². The van der Waals surface area contributed by atoms with Crippen molar-refractivity contribution in [3.8, 4) is 5.69 Å². The molecule has 7 nitrogen and oxygen atoms in total. The number of nitrogens with zero attached hydrogens (tertiary/aromatic N) is 2. The maximum atomic E-state index is 14.1. The minimum atomic E-state index is -0.939. The van der Waals surface area contributed by atoms with Gasteiger partial charge < -0.3 is 0 Å². The van der Waals surface area contributed by atoms with E-state index in [1.165, 1.54) is 30.3 Å². The fourth-order valence-electron chi connectivity index (χ4n) is 2.45. The molecule has 2 N–H and O–H groups in total. The molecule has 0 radical (unpaired) electrons. The van der Waals surface area contributed by atoms with E-state index in [1.54, 1.807) is 25.1 Å². The Morgan fingerprint density at radius 2 is 1.75 bits per heavy atom. The molecule has 0 aliphatic heterocycles. The maximum absolute atomic E-state index is 14.1. The average Bonchev–Trinajstić information content (AvgIpc) is 2.67. The highest BCUT2D eigenvalue weighted by Crippen LogP contribution is 2.13. The van der Waals surface area contributed by atoms with E-state index in [2.05, 4.69) is 16.0 Å². The Morgan fingerprint density at radius 1 is 1.04 bits per heavy atom. The summed E-state index contributed by atoms with van der Waals surface area (Å²) < 4.78 is 15.2. The van der Waals surface area contributed by atoms with Crippen LogP contribution in [0.1, 0.15) is 26.5 Å². The van der Waals surface area contributed by atoms with Crippen LogP contribution in [0.5, 0.6) is 0 Å². The van der Waals surface area contributed by atoms with Gasteiger partial charge in [-0.25, -0.2) is 9.07 Å². The lowest BCUT2D eigenvalue weighted by molar-refractivity contribution is 0.0842. The normalized spacial score (nSPS) is 10.4. The first-order chi connectivity index (χ1) is 13.4. The summed E-state index contributed by atoms with van der Waals surface area (Å²) >= 11 is 5.82. The third-order valence-corrected chi connectivity index (χ3v) is 4.01. The second-order valence-corrected chi connectivity index (χ2v) is 6.22. The molecule has 0 spiro atoms. The van der Waals surface area contributed by atoms with Crippen LogP contribution in [0.2, 0.25) is 5.02 Å². The van der Waals surface area contributed by atoms with Crippen molar-refractivity contribution in [2.75, 3.05) is 0 Å². The van der Waals surface area contributed by atoms with E-state index in [1.807, 2.05) is 0 Å². The highest BCUT2D eigenvalue weighted by molar-refractivity contribution is 6.30. The molecule has 9 heteroatoms. The molecule has 142 valence electrons. The molecule has 2 amide bonds. The smallest absolute Gasteiger partial charge is 0.287 e. The van der Waals surface area contributed by atoms with Crippen molar-refractivity contribution < 1.29 is 14.0 Å². The van der Waals surface area contributed by atoms with Crippen LogP contribution in [0.15, 0.2) is 59.4 Å². The van der Waals surface area contributed by atoms with Crippen molar-refractivity contribution in [3.63, 3.8) is 0 Å². The molecule has 0 unspecified atom stereocenters. The summed E-state index contributed by atoms with van der Waals surface area (Å²) in [5.41, 5.74) is 3.77. The molecule has 0 aliphatic rings. The predicted octanol–water partition coefficient (Wildman–Crippen LogP) is 2.41. The molecule has 28 heavy (non-hydrogen) atoms. The second kappa shape index (κ2) is 8.01. The van der Waals surface area contributed by atoms with Crippen molar-refractivity contribution in [1.82, 2.24) is 20.6 Å². The van der Waals surface area contributed by atoms with Gasteiger partial charge in [0.1, 0.15) is 11.5 Å². The van der Waals surface area contributed by atoms with Gasteiger partial charge >= 0.3 is 0 Å². The van der Waals surface area contributed by atoms with Crippen molar-refractivity contribution >= 4 is 23.4 Å². The highest BCUT2D eigenvalue weighted by Gasteiger charge is 2.17. The predicted molar refractivity (Wildman–Crippen MR) is 101 cm³/mol. The molecule has 0 aliphatic carbocycles. The Morgan fingerprint density at radius 3 is 2.46 bits per heavy atom. The standard InChI is InChI=1S/C19H14ClFN4O3/c1-11-9-16(26)17(24-25(11)15-8-3-2-7-14(15)21)19(28)23-22-18(27)12-5-4-6-13(20)10-12/h2-10H,1H3,(H,22,27)(H,23,28). The number of nitrogens with one attached hydrogen (secondary N) is 2. The number of hydrogen-bond donors (Lipinski definition) is 2. The van der Waals surface area contributed by atoms with E-state index in [-0.39, 0.29) is 11.3 Å². The van der Waals surface area contributed by atoms with Crippen molar-refractivity contribution in [1.29, 1.82) is 0 Å². The Hall–Kier alpha value is -3.52. The summed E-state index contributed by atoms with van der Waals surface area (Å²) in [4.78, 5) is 36.5. The first-order valence-corrected chi connectivity index (χ1v) is 8.47. The lowest BCUT2D eigenvalue weighted by Crippen LogP contribution is -2.44. The molecule has 1 heterocycles. The van der Waals surface area contributed by atoms with Gasteiger partial charge in [0, 0.05) is 22.3 Å². The van der Waals surface area contributed by atoms with Crippen LogP contribution < -0.4 is 16.3 Å². The minimum absolute atomic E-state index is 0.0806. The number of carbonyl (C=O) groups is 2. The molecule has 0 saturated carbocycles. The van der Waals surface area contributed by atoms with Crippen LogP contribution in [0.4, 0.5) is 4.39 Å². The monoisotopic (exact) mass is 400 g/mol. The summed E-state index contributed by atoms with van der Waals surface area (Å²) in [7, 11) is 0. The summed E-state index contributed by atoms with van der Waals surface area (Å²) in [5, 5.41) is 4.30. The van der Waals surface area contributed by atoms with Gasteiger partial charge in [-0.3, -0.25) is 25.2 Å². The van der Waals surface area contributed by atoms with E-state index in [4.69, 9.17) is 11.6 Å². The number of benzene rings is 2. The Bertz CT molecular complexity index is 1130. The number of rotatable bonds is 3. The number of hydrazine groups is 1. The zero-order chi connectivity index (χ0) is 20.3. The molecular formula is C19H14ClFN4O3. The lowest BCUT2D eigenvalue weighted by atomic mass is 10.2. The fourth-order valence-corrected chi connectivity index (χ4v) is 2.64. The first-order valence-electron chi connectivity index (χ1n) is 8.09. The zero-order valence-electron chi connectivity index (χ0n) is 14.6. The summed E-state index contributed by atoms with van der Waals surface area (Å²) in [5.74, 6) is -2.13. The molecule has 0 bridgehead atoms. The molecule has 3 aromatic rings. The Labute approximate surface area is 163 Å². The number of aryl methyl sites for hydroxylation is 1. The number of halogens is 2. The van der Waals surface area contributed by atoms with Crippen LogP contribution in [0, 0.1) is 12.7 Å². The lowest BCUT2D eigenvalue weighted by Gasteiger charge is -2.12. The third kappa shape index (κ3) is 4.07. The van der Waals surface area contributed by atoms with Crippen LogP contribution >= 0.6 is 11.6 Å². The maximum Gasteiger partial charge on any atom is 0.294 e. The van der Waals surface area contributed by atoms with Crippen LogP contribution in [-0.2, 0) is 0 Å². The van der Waals surface area contributed by atoms with E-state index in [0.717, 1.165) is 10.7 Å². The Balaban J connectivity index is 1.84. The van der Waals surface area contributed by atoms with E-state index < -0.39 is 28.8 Å². The number of para-hydroxylation sites is 1. The minimum Gasteiger partial charge on any atom is -0.287 e. The molecule has 0 saturated heterocycles.